The van der Waals surface area contributed by atoms with Crippen molar-refractivity contribution in [2.75, 3.05) is 12.9 Å². The van der Waals surface area contributed by atoms with E-state index in [0.717, 1.165) is 0 Å². The average molecular weight is 227 g/mol. The lowest BCUT2D eigenvalue weighted by Crippen LogP contribution is -2.08. The van der Waals surface area contributed by atoms with E-state index in [-0.39, 0.29) is 12.9 Å². The fraction of sp³-hybridized carbons (Fsp3) is 0.200. The maximum absolute atomic E-state index is 12.0. The first-order chi connectivity index (χ1) is 7.20. The van der Waals surface area contributed by atoms with Gasteiger partial charge in [-0.2, -0.15) is 0 Å². The van der Waals surface area contributed by atoms with Gasteiger partial charge in [0.25, 0.3) is 0 Å². The molecule has 0 saturated heterocycles. The molecule has 0 bridgehead atoms. The second-order valence-electron chi connectivity index (χ2n) is 2.78. The molecule has 0 aliphatic rings. The Morgan fingerprint density at radius 2 is 2.07 bits per heavy atom. The van der Waals surface area contributed by atoms with Crippen LogP contribution in [0.5, 0.6) is 5.75 Å². The van der Waals surface area contributed by atoms with Crippen LogP contribution in [0.3, 0.4) is 0 Å². The number of benzene rings is 1. The Morgan fingerprint density at radius 3 is 2.60 bits per heavy atom. The number of para-hydroxylation sites is 1. The molecule has 1 rings (SSSR count). The largest absolute Gasteiger partial charge is 0.424 e. The van der Waals surface area contributed by atoms with E-state index in [0.29, 0.717) is 5.75 Å². The topological polar surface area (TPSA) is 61.5 Å². The van der Waals surface area contributed by atoms with Crippen LogP contribution in [0.4, 0.5) is 0 Å². The van der Waals surface area contributed by atoms with Crippen molar-refractivity contribution in [3.63, 3.8) is 0 Å². The van der Waals surface area contributed by atoms with E-state index >= 15 is 0 Å². The molecule has 4 nitrogen and oxygen atoms in total. The van der Waals surface area contributed by atoms with Crippen molar-refractivity contribution in [3.8, 4) is 5.75 Å². The summed E-state index contributed by atoms with van der Waals surface area (Å²) in [6.07, 6.45) is 1.62. The van der Waals surface area contributed by atoms with Gasteiger partial charge in [0.2, 0.25) is 0 Å². The summed E-state index contributed by atoms with van der Waals surface area (Å²) in [5.74, 6) is 0.496. The minimum atomic E-state index is -3.18. The molecule has 0 fully saturated rings. The molecular weight excluding hydrogens is 213 g/mol. The monoisotopic (exact) mass is 227 g/mol. The van der Waals surface area contributed by atoms with E-state index in [1.807, 2.05) is 6.07 Å². The van der Waals surface area contributed by atoms with E-state index < -0.39 is 7.60 Å². The molecule has 0 saturated carbocycles. The van der Waals surface area contributed by atoms with Gasteiger partial charge in [-0.25, -0.2) is 4.57 Å². The smallest absolute Gasteiger partial charge is 0.384 e. The van der Waals surface area contributed by atoms with Gasteiger partial charge in [0.15, 0.2) is 0 Å². The zero-order valence-electron chi connectivity index (χ0n) is 8.33. The van der Waals surface area contributed by atoms with Crippen LogP contribution < -0.4 is 10.3 Å². The molecule has 0 heterocycles. The maximum Gasteiger partial charge on any atom is 0.384 e. The highest BCUT2D eigenvalue weighted by molar-refractivity contribution is 7.54. The van der Waals surface area contributed by atoms with Gasteiger partial charge in [-0.3, -0.25) is 4.52 Å². The molecule has 15 heavy (non-hydrogen) atoms. The third kappa shape index (κ3) is 3.88. The van der Waals surface area contributed by atoms with Crippen molar-refractivity contribution in [1.29, 1.82) is 0 Å². The highest BCUT2D eigenvalue weighted by Crippen LogP contribution is 2.47. The minimum Gasteiger partial charge on any atom is -0.424 e. The fourth-order valence-electron chi connectivity index (χ4n) is 1.03. The van der Waals surface area contributed by atoms with Gasteiger partial charge in [-0.05, 0) is 12.1 Å². The van der Waals surface area contributed by atoms with E-state index in [1.165, 1.54) is 6.08 Å². The summed E-state index contributed by atoms with van der Waals surface area (Å²) in [7, 11) is -3.18. The third-order valence-electron chi connectivity index (χ3n) is 1.61. The average Bonchev–Trinajstić information content (AvgIpc) is 2.19. The Kier molecular flexibility index (Phi) is 4.56. The minimum absolute atomic E-state index is 0.138. The Labute approximate surface area is 89.2 Å². The second-order valence-corrected chi connectivity index (χ2v) is 4.81. The van der Waals surface area contributed by atoms with Crippen LogP contribution in [0.15, 0.2) is 43.0 Å². The molecule has 82 valence electrons. The van der Waals surface area contributed by atoms with E-state index in [2.05, 4.69) is 6.58 Å². The van der Waals surface area contributed by atoms with Crippen molar-refractivity contribution in [3.05, 3.63) is 43.0 Å². The van der Waals surface area contributed by atoms with Gasteiger partial charge in [-0.15, -0.1) is 6.58 Å². The normalized spacial score (nSPS) is 14.2. The first-order valence-electron chi connectivity index (χ1n) is 4.49. The van der Waals surface area contributed by atoms with Gasteiger partial charge < -0.3 is 10.3 Å². The van der Waals surface area contributed by atoms with Crippen LogP contribution in [0.1, 0.15) is 0 Å². The van der Waals surface area contributed by atoms with Gasteiger partial charge >= 0.3 is 7.60 Å². The van der Waals surface area contributed by atoms with Crippen LogP contribution >= 0.6 is 7.60 Å². The van der Waals surface area contributed by atoms with Crippen molar-refractivity contribution in [1.82, 2.24) is 0 Å². The summed E-state index contributed by atoms with van der Waals surface area (Å²) in [4.78, 5) is 0. The van der Waals surface area contributed by atoms with Crippen molar-refractivity contribution >= 4 is 7.60 Å². The predicted molar refractivity (Wildman–Crippen MR) is 59.9 cm³/mol. The van der Waals surface area contributed by atoms with E-state index in [4.69, 9.17) is 14.8 Å². The lowest BCUT2D eigenvalue weighted by molar-refractivity contribution is 0.275. The number of allylic oxidation sites excluding steroid dienone is 1. The summed E-state index contributed by atoms with van der Waals surface area (Å²) in [6, 6.07) is 8.83. The number of nitrogens with two attached hydrogens (primary N) is 1. The molecule has 0 amide bonds. The standard InChI is InChI=1S/C10H14NO3P/c1-2-8-15(12,13-9-11)14-10-6-4-3-5-7-10/h2-7H,1,8-9,11H2. The Morgan fingerprint density at radius 1 is 1.40 bits per heavy atom. The summed E-state index contributed by atoms with van der Waals surface area (Å²) in [5, 5.41) is 0. The zero-order valence-corrected chi connectivity index (χ0v) is 9.23. The molecule has 0 aliphatic carbocycles. The van der Waals surface area contributed by atoms with Crippen LogP contribution in [0, 0.1) is 0 Å². The van der Waals surface area contributed by atoms with E-state index in [1.54, 1.807) is 24.3 Å². The third-order valence-corrected chi connectivity index (χ3v) is 3.35. The molecule has 0 aliphatic heterocycles. The van der Waals surface area contributed by atoms with Crippen molar-refractivity contribution in [2.24, 2.45) is 5.73 Å². The quantitative estimate of drug-likeness (QED) is 0.460. The van der Waals surface area contributed by atoms with Crippen LogP contribution in [-0.2, 0) is 9.09 Å². The van der Waals surface area contributed by atoms with Crippen LogP contribution in [0.2, 0.25) is 0 Å². The van der Waals surface area contributed by atoms with Crippen molar-refractivity contribution < 1.29 is 13.6 Å². The highest BCUT2D eigenvalue weighted by Gasteiger charge is 2.23. The molecule has 0 aromatic heterocycles. The maximum atomic E-state index is 12.0. The summed E-state index contributed by atoms with van der Waals surface area (Å²) < 4.78 is 22.2. The first kappa shape index (κ1) is 12.0. The summed E-state index contributed by atoms with van der Waals surface area (Å²) in [6.45, 7) is 3.36. The lowest BCUT2D eigenvalue weighted by Gasteiger charge is -2.16. The number of rotatable bonds is 6. The molecule has 0 radical (unpaired) electrons. The number of hydrogen-bond donors (Lipinski definition) is 1. The summed E-state index contributed by atoms with van der Waals surface area (Å²) in [5.41, 5.74) is 5.19. The highest BCUT2D eigenvalue weighted by atomic mass is 31.2. The Bertz CT molecular complexity index is 353. The van der Waals surface area contributed by atoms with Crippen LogP contribution in [0.25, 0.3) is 0 Å². The molecular formula is C10H14NO3P. The molecule has 5 heteroatoms. The summed E-state index contributed by atoms with van der Waals surface area (Å²) >= 11 is 0. The number of hydrogen-bond acceptors (Lipinski definition) is 4. The molecule has 0 spiro atoms. The van der Waals surface area contributed by atoms with E-state index in [9.17, 15) is 4.57 Å². The predicted octanol–water partition coefficient (Wildman–Crippen LogP) is 2.38. The Hall–Kier alpha value is -1.09. The molecule has 1 unspecified atom stereocenters. The molecule has 1 aromatic carbocycles. The van der Waals surface area contributed by atoms with Gasteiger partial charge in [-0.1, -0.05) is 24.3 Å². The zero-order chi connectivity index (χ0) is 11.1. The first-order valence-corrected chi connectivity index (χ1v) is 6.22. The molecule has 1 aromatic rings. The second kappa shape index (κ2) is 5.71. The van der Waals surface area contributed by atoms with Crippen LogP contribution in [-0.4, -0.2) is 12.9 Å². The Balaban J connectivity index is 2.75. The molecule has 2 N–H and O–H groups in total. The van der Waals surface area contributed by atoms with Gasteiger partial charge in [0.05, 0.1) is 6.16 Å². The van der Waals surface area contributed by atoms with Crippen molar-refractivity contribution in [2.45, 2.75) is 0 Å². The lowest BCUT2D eigenvalue weighted by atomic mass is 10.3. The fourth-order valence-corrected chi connectivity index (χ4v) is 2.25. The van der Waals surface area contributed by atoms with Gasteiger partial charge in [0.1, 0.15) is 12.5 Å². The van der Waals surface area contributed by atoms with Gasteiger partial charge in [0, 0.05) is 0 Å². The SMILES string of the molecule is C=CCP(=O)(OCN)Oc1ccccc1. The molecule has 1 atom stereocenters.